The Hall–Kier alpha value is -1.32. The summed E-state index contributed by atoms with van der Waals surface area (Å²) in [6.07, 6.45) is 11.2. The zero-order chi connectivity index (χ0) is 21.0. The lowest BCUT2D eigenvalue weighted by Crippen LogP contribution is -2.25. The monoisotopic (exact) mass is 410 g/mol. The van der Waals surface area contributed by atoms with E-state index in [9.17, 15) is 17.6 Å². The van der Waals surface area contributed by atoms with Gasteiger partial charge in [-0.15, -0.1) is 0 Å². The zero-order valence-electron chi connectivity index (χ0n) is 17.7. The van der Waals surface area contributed by atoms with Gasteiger partial charge in [0.2, 0.25) is 0 Å². The minimum absolute atomic E-state index is 0.0311. The number of rotatable bonds is 5. The number of alkyl halides is 3. The third-order valence-corrected chi connectivity index (χ3v) is 7.27. The molecule has 0 bridgehead atoms. The maximum atomic E-state index is 14.1. The van der Waals surface area contributed by atoms with E-state index < -0.39 is 17.6 Å². The average Bonchev–Trinajstić information content (AvgIpc) is 2.69. The number of hydrogen-bond donors (Lipinski definition) is 0. The van der Waals surface area contributed by atoms with Crippen molar-refractivity contribution in [1.29, 1.82) is 0 Å². The molecule has 0 saturated heterocycles. The summed E-state index contributed by atoms with van der Waals surface area (Å²) in [6.45, 7) is 3.64. The van der Waals surface area contributed by atoms with Crippen molar-refractivity contribution in [1.82, 2.24) is 0 Å². The second-order valence-corrected chi connectivity index (χ2v) is 9.26. The maximum absolute atomic E-state index is 14.1. The lowest BCUT2D eigenvalue weighted by atomic mass is 9.68. The van der Waals surface area contributed by atoms with Crippen molar-refractivity contribution < 1.29 is 17.6 Å². The van der Waals surface area contributed by atoms with Crippen LogP contribution in [0.2, 0.25) is 0 Å². The SMILES string of the molecule is CCCC1CCC(C2CCC(/C=C/c3ccc(C)c(F)c3C(F)(F)F)CC2)CC1. The summed E-state index contributed by atoms with van der Waals surface area (Å²) in [5.41, 5.74) is -1.16. The molecule has 0 amide bonds. The summed E-state index contributed by atoms with van der Waals surface area (Å²) >= 11 is 0. The first-order chi connectivity index (χ1) is 13.8. The van der Waals surface area contributed by atoms with E-state index in [1.807, 2.05) is 6.08 Å². The van der Waals surface area contributed by atoms with E-state index in [-0.39, 0.29) is 11.1 Å². The molecule has 2 aliphatic carbocycles. The highest BCUT2D eigenvalue weighted by Gasteiger charge is 2.37. The van der Waals surface area contributed by atoms with Gasteiger partial charge in [0.05, 0.1) is 5.56 Å². The first-order valence-corrected chi connectivity index (χ1v) is 11.3. The number of benzene rings is 1. The van der Waals surface area contributed by atoms with Crippen LogP contribution in [0.4, 0.5) is 17.6 Å². The molecule has 0 spiro atoms. The van der Waals surface area contributed by atoms with Crippen LogP contribution in [0.3, 0.4) is 0 Å². The topological polar surface area (TPSA) is 0 Å². The van der Waals surface area contributed by atoms with Crippen molar-refractivity contribution in [2.24, 2.45) is 23.7 Å². The summed E-state index contributed by atoms with van der Waals surface area (Å²) in [5.74, 6) is 1.70. The Labute approximate surface area is 172 Å². The molecule has 0 aliphatic heterocycles. The molecule has 162 valence electrons. The Balaban J connectivity index is 1.56. The van der Waals surface area contributed by atoms with Gasteiger partial charge in [0.15, 0.2) is 0 Å². The van der Waals surface area contributed by atoms with Gasteiger partial charge in [0.25, 0.3) is 0 Å². The fourth-order valence-corrected chi connectivity index (χ4v) is 5.53. The summed E-state index contributed by atoms with van der Waals surface area (Å²) in [7, 11) is 0. The molecular weight excluding hydrogens is 376 g/mol. The number of halogens is 4. The number of allylic oxidation sites excluding steroid dienone is 1. The van der Waals surface area contributed by atoms with Crippen molar-refractivity contribution in [3.05, 3.63) is 40.7 Å². The van der Waals surface area contributed by atoms with Crippen LogP contribution >= 0.6 is 0 Å². The van der Waals surface area contributed by atoms with Crippen LogP contribution in [0.5, 0.6) is 0 Å². The number of hydrogen-bond acceptors (Lipinski definition) is 0. The molecule has 1 aromatic rings. The fraction of sp³-hybridized carbons (Fsp3) is 0.680. The van der Waals surface area contributed by atoms with Crippen LogP contribution in [-0.2, 0) is 6.18 Å². The predicted molar refractivity (Wildman–Crippen MR) is 111 cm³/mol. The third-order valence-electron chi connectivity index (χ3n) is 7.27. The standard InChI is InChI=1S/C25H34F4/c1-3-4-18-6-12-20(13-7-18)21-14-8-19(9-15-21)10-16-22-11-5-17(2)24(26)23(22)25(27,28)29/h5,10-11,16,18-21H,3-4,6-9,12-15H2,1-2H3/b16-10+. The Morgan fingerprint density at radius 3 is 2.07 bits per heavy atom. The first-order valence-electron chi connectivity index (χ1n) is 11.3. The van der Waals surface area contributed by atoms with Gasteiger partial charge in [-0.2, -0.15) is 13.2 Å². The fourth-order valence-electron chi connectivity index (χ4n) is 5.53. The molecule has 0 N–H and O–H groups in total. The van der Waals surface area contributed by atoms with E-state index in [0.29, 0.717) is 5.92 Å². The molecule has 29 heavy (non-hydrogen) atoms. The third kappa shape index (κ3) is 5.64. The number of aryl methyl sites for hydroxylation is 1. The van der Waals surface area contributed by atoms with E-state index in [1.54, 1.807) is 0 Å². The van der Waals surface area contributed by atoms with Crippen molar-refractivity contribution in [2.75, 3.05) is 0 Å². The van der Waals surface area contributed by atoms with Crippen molar-refractivity contribution in [3.63, 3.8) is 0 Å². The molecule has 0 heterocycles. The largest absolute Gasteiger partial charge is 0.419 e. The van der Waals surface area contributed by atoms with E-state index >= 15 is 0 Å². The molecule has 4 heteroatoms. The molecule has 2 fully saturated rings. The normalized spacial score (nSPS) is 28.8. The average molecular weight is 411 g/mol. The summed E-state index contributed by atoms with van der Waals surface area (Å²) < 4.78 is 54.0. The summed E-state index contributed by atoms with van der Waals surface area (Å²) in [6, 6.07) is 2.81. The van der Waals surface area contributed by atoms with Gasteiger partial charge in [0, 0.05) is 0 Å². The van der Waals surface area contributed by atoms with Crippen molar-refractivity contribution in [2.45, 2.75) is 84.2 Å². The highest BCUT2D eigenvalue weighted by molar-refractivity contribution is 5.56. The minimum atomic E-state index is -4.68. The molecule has 0 nitrogen and oxygen atoms in total. The molecule has 2 aliphatic rings. The Morgan fingerprint density at radius 1 is 0.931 bits per heavy atom. The van der Waals surface area contributed by atoms with Crippen LogP contribution in [0.25, 0.3) is 6.08 Å². The van der Waals surface area contributed by atoms with Gasteiger partial charge in [0.1, 0.15) is 5.82 Å². The van der Waals surface area contributed by atoms with Crippen LogP contribution in [0, 0.1) is 36.4 Å². The van der Waals surface area contributed by atoms with Gasteiger partial charge in [-0.05, 0) is 80.2 Å². The smallest absolute Gasteiger partial charge is 0.206 e. The molecule has 0 unspecified atom stereocenters. The van der Waals surface area contributed by atoms with Crippen molar-refractivity contribution >= 4 is 6.08 Å². The van der Waals surface area contributed by atoms with Gasteiger partial charge >= 0.3 is 6.18 Å². The molecule has 0 radical (unpaired) electrons. The van der Waals surface area contributed by atoms with E-state index in [1.165, 1.54) is 76.5 Å². The molecule has 0 atom stereocenters. The Morgan fingerprint density at radius 2 is 1.52 bits per heavy atom. The lowest BCUT2D eigenvalue weighted by Gasteiger charge is -2.37. The van der Waals surface area contributed by atoms with E-state index in [2.05, 4.69) is 6.92 Å². The van der Waals surface area contributed by atoms with Crippen molar-refractivity contribution in [3.8, 4) is 0 Å². The van der Waals surface area contributed by atoms with Gasteiger partial charge in [-0.25, -0.2) is 4.39 Å². The second kappa shape index (κ2) is 9.66. The highest BCUT2D eigenvalue weighted by Crippen LogP contribution is 2.43. The van der Waals surface area contributed by atoms with E-state index in [4.69, 9.17) is 0 Å². The Kier molecular flexibility index (Phi) is 7.45. The molecule has 1 aromatic carbocycles. The summed E-state index contributed by atoms with van der Waals surface area (Å²) in [4.78, 5) is 0. The highest BCUT2D eigenvalue weighted by atomic mass is 19.4. The van der Waals surface area contributed by atoms with Crippen LogP contribution in [0.1, 0.15) is 87.8 Å². The lowest BCUT2D eigenvalue weighted by molar-refractivity contribution is -0.140. The van der Waals surface area contributed by atoms with Gasteiger partial charge in [-0.1, -0.05) is 56.9 Å². The van der Waals surface area contributed by atoms with Crippen LogP contribution in [0.15, 0.2) is 18.2 Å². The second-order valence-electron chi connectivity index (χ2n) is 9.26. The molecule has 2 saturated carbocycles. The minimum Gasteiger partial charge on any atom is -0.206 e. The van der Waals surface area contributed by atoms with E-state index in [0.717, 1.165) is 30.6 Å². The summed E-state index contributed by atoms with van der Waals surface area (Å²) in [5, 5.41) is 0. The van der Waals surface area contributed by atoms with Crippen LogP contribution in [-0.4, -0.2) is 0 Å². The quantitative estimate of drug-likeness (QED) is 0.426. The zero-order valence-corrected chi connectivity index (χ0v) is 17.7. The first kappa shape index (κ1) is 22.4. The van der Waals surface area contributed by atoms with Crippen LogP contribution < -0.4 is 0 Å². The van der Waals surface area contributed by atoms with Gasteiger partial charge in [-0.3, -0.25) is 0 Å². The molecular formula is C25H34F4. The predicted octanol–water partition coefficient (Wildman–Crippen LogP) is 8.58. The molecule has 0 aromatic heterocycles. The Bertz CT molecular complexity index is 688. The van der Waals surface area contributed by atoms with Gasteiger partial charge < -0.3 is 0 Å². The maximum Gasteiger partial charge on any atom is 0.419 e. The molecule has 3 rings (SSSR count).